The number of carbonyl (C=O) groups excluding carboxylic acids is 1. The first-order valence-electron chi connectivity index (χ1n) is 4.75. The lowest BCUT2D eigenvalue weighted by Crippen LogP contribution is -2.32. The normalized spacial score (nSPS) is 24.7. The van der Waals surface area contributed by atoms with Crippen molar-refractivity contribution >= 4 is 16.2 Å². The van der Waals surface area contributed by atoms with Gasteiger partial charge in [-0.15, -0.1) is 0 Å². The molecule has 1 amide bonds. The SMILES string of the molecule is O=CNCCCNC1CCS(=O)(=O)C1. The fourth-order valence-corrected chi connectivity index (χ4v) is 3.22. The van der Waals surface area contributed by atoms with Gasteiger partial charge in [0.15, 0.2) is 9.84 Å². The lowest BCUT2D eigenvalue weighted by atomic mass is 10.2. The molecular weight excluding hydrogens is 204 g/mol. The molecule has 14 heavy (non-hydrogen) atoms. The average Bonchev–Trinajstić information content (AvgIpc) is 2.45. The van der Waals surface area contributed by atoms with Crippen LogP contribution < -0.4 is 10.6 Å². The van der Waals surface area contributed by atoms with Crippen LogP contribution >= 0.6 is 0 Å². The highest BCUT2D eigenvalue weighted by atomic mass is 32.2. The first kappa shape index (κ1) is 11.5. The van der Waals surface area contributed by atoms with Crippen molar-refractivity contribution in [2.75, 3.05) is 24.6 Å². The molecule has 1 atom stereocenters. The molecule has 1 saturated heterocycles. The molecule has 0 spiro atoms. The minimum absolute atomic E-state index is 0.108. The molecule has 82 valence electrons. The zero-order valence-electron chi connectivity index (χ0n) is 8.03. The maximum atomic E-state index is 11.1. The van der Waals surface area contributed by atoms with Crippen molar-refractivity contribution < 1.29 is 13.2 Å². The van der Waals surface area contributed by atoms with E-state index < -0.39 is 9.84 Å². The molecule has 1 aliphatic rings. The van der Waals surface area contributed by atoms with E-state index in [1.54, 1.807) is 0 Å². The van der Waals surface area contributed by atoms with Gasteiger partial charge in [-0.3, -0.25) is 4.79 Å². The minimum Gasteiger partial charge on any atom is -0.359 e. The highest BCUT2D eigenvalue weighted by Crippen LogP contribution is 2.10. The molecule has 0 aliphatic carbocycles. The van der Waals surface area contributed by atoms with Crippen LogP contribution in [0.2, 0.25) is 0 Å². The number of carbonyl (C=O) groups is 1. The van der Waals surface area contributed by atoms with Crippen molar-refractivity contribution in [3.8, 4) is 0 Å². The fraction of sp³-hybridized carbons (Fsp3) is 0.875. The molecule has 0 aromatic rings. The minimum atomic E-state index is -2.78. The molecule has 2 N–H and O–H groups in total. The Labute approximate surface area is 84.2 Å². The lowest BCUT2D eigenvalue weighted by molar-refractivity contribution is -0.109. The molecular formula is C8H16N2O3S. The molecule has 0 aromatic heterocycles. The Hall–Kier alpha value is -0.620. The third kappa shape index (κ3) is 4.06. The molecule has 1 rings (SSSR count). The number of sulfone groups is 1. The van der Waals surface area contributed by atoms with E-state index in [1.807, 2.05) is 0 Å². The van der Waals surface area contributed by atoms with E-state index in [1.165, 1.54) is 0 Å². The van der Waals surface area contributed by atoms with Gasteiger partial charge in [0.25, 0.3) is 0 Å². The summed E-state index contributed by atoms with van der Waals surface area (Å²) in [5, 5.41) is 5.71. The van der Waals surface area contributed by atoms with Gasteiger partial charge in [0.2, 0.25) is 6.41 Å². The van der Waals surface area contributed by atoms with Crippen LogP contribution in [0.5, 0.6) is 0 Å². The van der Waals surface area contributed by atoms with Gasteiger partial charge in [-0.05, 0) is 19.4 Å². The van der Waals surface area contributed by atoms with Crippen LogP contribution in [0.4, 0.5) is 0 Å². The second-order valence-corrected chi connectivity index (χ2v) is 5.71. The number of hydrogen-bond acceptors (Lipinski definition) is 4. The Morgan fingerprint density at radius 1 is 1.36 bits per heavy atom. The zero-order valence-corrected chi connectivity index (χ0v) is 8.85. The highest BCUT2D eigenvalue weighted by Gasteiger charge is 2.26. The Bertz CT molecular complexity index is 276. The summed E-state index contributed by atoms with van der Waals surface area (Å²) >= 11 is 0. The quantitative estimate of drug-likeness (QED) is 0.440. The lowest BCUT2D eigenvalue weighted by Gasteiger charge is -2.09. The summed E-state index contributed by atoms with van der Waals surface area (Å²) in [6.07, 6.45) is 2.21. The van der Waals surface area contributed by atoms with E-state index in [0.29, 0.717) is 25.1 Å². The van der Waals surface area contributed by atoms with Gasteiger partial charge in [0.05, 0.1) is 11.5 Å². The van der Waals surface area contributed by atoms with Crippen LogP contribution in [0.1, 0.15) is 12.8 Å². The van der Waals surface area contributed by atoms with E-state index in [-0.39, 0.29) is 11.8 Å². The van der Waals surface area contributed by atoms with Crippen molar-refractivity contribution in [3.63, 3.8) is 0 Å². The van der Waals surface area contributed by atoms with E-state index >= 15 is 0 Å². The highest BCUT2D eigenvalue weighted by molar-refractivity contribution is 7.91. The first-order chi connectivity index (χ1) is 6.64. The van der Waals surface area contributed by atoms with Gasteiger partial charge in [0, 0.05) is 12.6 Å². The van der Waals surface area contributed by atoms with Crippen molar-refractivity contribution in [3.05, 3.63) is 0 Å². The summed E-state index contributed by atoms with van der Waals surface area (Å²) in [5.74, 6) is 0.561. The third-order valence-electron chi connectivity index (χ3n) is 2.25. The summed E-state index contributed by atoms with van der Waals surface area (Å²) in [5.41, 5.74) is 0. The van der Waals surface area contributed by atoms with Gasteiger partial charge >= 0.3 is 0 Å². The number of hydrogen-bond donors (Lipinski definition) is 2. The zero-order chi connectivity index (χ0) is 10.4. The average molecular weight is 220 g/mol. The fourth-order valence-electron chi connectivity index (χ4n) is 1.51. The van der Waals surface area contributed by atoms with E-state index in [0.717, 1.165) is 13.0 Å². The van der Waals surface area contributed by atoms with E-state index in [4.69, 9.17) is 0 Å². The maximum absolute atomic E-state index is 11.1. The third-order valence-corrected chi connectivity index (χ3v) is 4.01. The molecule has 1 heterocycles. The van der Waals surface area contributed by atoms with Gasteiger partial charge in [-0.25, -0.2) is 8.42 Å². The first-order valence-corrected chi connectivity index (χ1v) is 6.57. The predicted octanol–water partition coefficient (Wildman–Crippen LogP) is -1.10. The van der Waals surface area contributed by atoms with Crippen molar-refractivity contribution in [1.29, 1.82) is 0 Å². The molecule has 6 heteroatoms. The van der Waals surface area contributed by atoms with Crippen LogP contribution in [0.25, 0.3) is 0 Å². The van der Waals surface area contributed by atoms with Gasteiger partial charge in [-0.2, -0.15) is 0 Å². The molecule has 0 radical (unpaired) electrons. The van der Waals surface area contributed by atoms with E-state index in [9.17, 15) is 13.2 Å². The predicted molar refractivity (Wildman–Crippen MR) is 53.7 cm³/mol. The smallest absolute Gasteiger partial charge is 0.207 e. The molecule has 0 aromatic carbocycles. The molecule has 0 bridgehead atoms. The molecule has 5 nitrogen and oxygen atoms in total. The molecule has 0 saturated carbocycles. The van der Waals surface area contributed by atoms with Crippen molar-refractivity contribution in [1.82, 2.24) is 10.6 Å². The largest absolute Gasteiger partial charge is 0.359 e. The van der Waals surface area contributed by atoms with Gasteiger partial charge < -0.3 is 10.6 Å². The van der Waals surface area contributed by atoms with Crippen molar-refractivity contribution in [2.24, 2.45) is 0 Å². The van der Waals surface area contributed by atoms with Crippen LogP contribution in [-0.2, 0) is 14.6 Å². The topological polar surface area (TPSA) is 75.3 Å². The van der Waals surface area contributed by atoms with Crippen LogP contribution in [0.3, 0.4) is 0 Å². The standard InChI is InChI=1S/C8H16N2O3S/c11-7-9-3-1-4-10-8-2-5-14(12,13)6-8/h7-8,10H,1-6H2,(H,9,11). The summed E-state index contributed by atoms with van der Waals surface area (Å²) in [4.78, 5) is 9.90. The summed E-state index contributed by atoms with van der Waals surface area (Å²) < 4.78 is 22.2. The summed E-state index contributed by atoms with van der Waals surface area (Å²) in [7, 11) is -2.78. The Balaban J connectivity index is 2.06. The molecule has 1 unspecified atom stereocenters. The van der Waals surface area contributed by atoms with Crippen LogP contribution in [0.15, 0.2) is 0 Å². The summed E-state index contributed by atoms with van der Waals surface area (Å²) in [6.45, 7) is 1.39. The second kappa shape index (κ2) is 5.31. The number of amides is 1. The molecule has 1 fully saturated rings. The molecule has 1 aliphatic heterocycles. The number of rotatable bonds is 6. The Morgan fingerprint density at radius 2 is 2.14 bits per heavy atom. The van der Waals surface area contributed by atoms with Crippen LogP contribution in [0, 0.1) is 0 Å². The Morgan fingerprint density at radius 3 is 2.71 bits per heavy atom. The maximum Gasteiger partial charge on any atom is 0.207 e. The van der Waals surface area contributed by atoms with Gasteiger partial charge in [-0.1, -0.05) is 0 Å². The van der Waals surface area contributed by atoms with Crippen molar-refractivity contribution in [2.45, 2.75) is 18.9 Å². The van der Waals surface area contributed by atoms with Gasteiger partial charge in [0.1, 0.15) is 0 Å². The second-order valence-electron chi connectivity index (χ2n) is 3.48. The van der Waals surface area contributed by atoms with Crippen LogP contribution in [-0.4, -0.2) is 45.5 Å². The Kier molecular flexibility index (Phi) is 4.34. The monoisotopic (exact) mass is 220 g/mol. The number of nitrogens with one attached hydrogen (secondary N) is 2. The van der Waals surface area contributed by atoms with E-state index in [2.05, 4.69) is 10.6 Å². The summed E-state index contributed by atoms with van der Waals surface area (Å²) in [6, 6.07) is 0.108.